The minimum atomic E-state index is -1.22. The van der Waals surface area contributed by atoms with Gasteiger partial charge in [0.2, 0.25) is 6.04 Å². The van der Waals surface area contributed by atoms with Crippen molar-refractivity contribution in [2.45, 2.75) is 25.8 Å². The number of carboxylic acid groups (broad SMARTS) is 1. The summed E-state index contributed by atoms with van der Waals surface area (Å²) in [6.07, 6.45) is 1.20. The van der Waals surface area contributed by atoms with Gasteiger partial charge in [-0.15, -0.1) is 0 Å². The average Bonchev–Trinajstić information content (AvgIpc) is 2.42. The van der Waals surface area contributed by atoms with Gasteiger partial charge in [-0.2, -0.15) is 0 Å². The Kier molecular flexibility index (Phi) is 3.25. The largest absolute Gasteiger partial charge is 0.480 e. The molecule has 84 valence electrons. The van der Waals surface area contributed by atoms with Crippen molar-refractivity contribution < 1.29 is 14.8 Å². The molecule has 7 nitrogen and oxygen atoms in total. The van der Waals surface area contributed by atoms with Crippen LogP contribution in [0.1, 0.15) is 19.8 Å². The van der Waals surface area contributed by atoms with Crippen molar-refractivity contribution in [2.75, 3.05) is 7.05 Å². The van der Waals surface area contributed by atoms with Gasteiger partial charge in [-0.3, -0.25) is 10.1 Å². The van der Waals surface area contributed by atoms with Gasteiger partial charge in [-0.05, 0) is 6.42 Å². The lowest BCUT2D eigenvalue weighted by molar-refractivity contribution is -0.430. The van der Waals surface area contributed by atoms with Gasteiger partial charge in [-0.1, -0.05) is 13.3 Å². The second-order valence-corrected chi connectivity index (χ2v) is 3.33. The van der Waals surface area contributed by atoms with Crippen molar-refractivity contribution in [1.82, 2.24) is 10.4 Å². The van der Waals surface area contributed by atoms with Crippen molar-refractivity contribution in [3.8, 4) is 0 Å². The van der Waals surface area contributed by atoms with Crippen LogP contribution in [0.2, 0.25) is 0 Å². The normalized spacial score (nSPS) is 21.6. The van der Waals surface area contributed by atoms with E-state index in [1.807, 2.05) is 6.92 Å². The van der Waals surface area contributed by atoms with E-state index in [-0.39, 0.29) is 5.70 Å². The highest BCUT2D eigenvalue weighted by Crippen LogP contribution is 2.22. The van der Waals surface area contributed by atoms with E-state index in [0.717, 1.165) is 6.42 Å². The van der Waals surface area contributed by atoms with Crippen LogP contribution in [0.15, 0.2) is 11.4 Å². The Balaban J connectivity index is 3.07. The van der Waals surface area contributed by atoms with Crippen LogP contribution in [-0.2, 0) is 4.79 Å². The monoisotopic (exact) mass is 215 g/mol. The van der Waals surface area contributed by atoms with E-state index in [0.29, 0.717) is 12.1 Å². The van der Waals surface area contributed by atoms with Crippen LogP contribution in [0.5, 0.6) is 0 Å². The Bertz CT molecular complexity index is 326. The minimum absolute atomic E-state index is 0.258. The average molecular weight is 215 g/mol. The van der Waals surface area contributed by atoms with Crippen LogP contribution < -0.4 is 5.43 Å². The molecule has 0 aliphatic carbocycles. The number of nitrogens with zero attached hydrogens (tertiary/aromatic N) is 2. The molecule has 0 amide bonds. The van der Waals surface area contributed by atoms with Crippen molar-refractivity contribution in [3.63, 3.8) is 0 Å². The second-order valence-electron chi connectivity index (χ2n) is 3.33. The molecule has 0 aromatic rings. The standard InChI is InChI=1S/C8H13N3O4/c1-3-4-5-6(11(14)15)7(8(12)13)10(2)9-5/h7,9H,3-4H2,1-2H3,(H,12,13). The maximum absolute atomic E-state index is 10.9. The molecule has 0 fully saturated rings. The molecule has 1 aliphatic heterocycles. The first-order valence-electron chi connectivity index (χ1n) is 4.58. The highest BCUT2D eigenvalue weighted by atomic mass is 16.6. The quantitative estimate of drug-likeness (QED) is 0.513. The number of aliphatic carboxylic acids is 1. The van der Waals surface area contributed by atoms with Crippen LogP contribution in [-0.4, -0.2) is 34.1 Å². The summed E-state index contributed by atoms with van der Waals surface area (Å²) in [4.78, 5) is 21.0. The Hall–Kier alpha value is -1.63. The second kappa shape index (κ2) is 4.26. The number of hydrazine groups is 1. The third-order valence-corrected chi connectivity index (χ3v) is 2.20. The molecule has 15 heavy (non-hydrogen) atoms. The summed E-state index contributed by atoms with van der Waals surface area (Å²) >= 11 is 0. The lowest BCUT2D eigenvalue weighted by atomic mass is 10.1. The molecular weight excluding hydrogens is 202 g/mol. The highest BCUT2D eigenvalue weighted by molar-refractivity contribution is 5.77. The van der Waals surface area contributed by atoms with Crippen LogP contribution in [0.4, 0.5) is 0 Å². The molecule has 0 spiro atoms. The van der Waals surface area contributed by atoms with Crippen LogP contribution in [0, 0.1) is 10.1 Å². The number of hydrogen-bond acceptors (Lipinski definition) is 5. The zero-order valence-corrected chi connectivity index (χ0v) is 8.56. The molecule has 0 saturated heterocycles. The van der Waals surface area contributed by atoms with Crippen molar-refractivity contribution in [2.24, 2.45) is 0 Å². The fourth-order valence-corrected chi connectivity index (χ4v) is 1.61. The number of carbonyl (C=O) groups is 1. The van der Waals surface area contributed by atoms with Gasteiger partial charge >= 0.3 is 5.97 Å². The number of carboxylic acids is 1. The van der Waals surface area contributed by atoms with Gasteiger partial charge in [-0.25, -0.2) is 9.80 Å². The van der Waals surface area contributed by atoms with E-state index in [4.69, 9.17) is 5.11 Å². The van der Waals surface area contributed by atoms with E-state index in [2.05, 4.69) is 5.43 Å². The molecule has 2 N–H and O–H groups in total. The molecule has 1 heterocycles. The van der Waals surface area contributed by atoms with Gasteiger partial charge in [0, 0.05) is 7.05 Å². The maximum Gasteiger partial charge on any atom is 0.334 e. The predicted molar refractivity (Wildman–Crippen MR) is 51.3 cm³/mol. The summed E-state index contributed by atoms with van der Waals surface area (Å²) in [6, 6.07) is -1.21. The first-order chi connectivity index (χ1) is 6.99. The Morgan fingerprint density at radius 3 is 2.73 bits per heavy atom. The summed E-state index contributed by atoms with van der Waals surface area (Å²) in [5.74, 6) is -1.22. The van der Waals surface area contributed by atoms with E-state index in [1.54, 1.807) is 0 Å². The molecule has 1 aliphatic rings. The summed E-state index contributed by atoms with van der Waals surface area (Å²) in [7, 11) is 1.48. The van der Waals surface area contributed by atoms with Crippen LogP contribution in [0.25, 0.3) is 0 Å². The zero-order chi connectivity index (χ0) is 11.6. The summed E-state index contributed by atoms with van der Waals surface area (Å²) in [5.41, 5.74) is 2.84. The SMILES string of the molecule is CCCC1=C([N+](=O)[O-])C(C(=O)O)N(C)N1. The number of nitrogens with one attached hydrogen (secondary N) is 1. The van der Waals surface area contributed by atoms with E-state index in [9.17, 15) is 14.9 Å². The summed E-state index contributed by atoms with van der Waals surface area (Å²) < 4.78 is 0. The number of rotatable bonds is 4. The first kappa shape index (κ1) is 11.4. The fourth-order valence-electron chi connectivity index (χ4n) is 1.61. The van der Waals surface area contributed by atoms with Crippen molar-refractivity contribution in [3.05, 3.63) is 21.5 Å². The molecule has 0 bridgehead atoms. The number of nitro groups is 1. The van der Waals surface area contributed by atoms with Gasteiger partial charge in [0.1, 0.15) is 5.70 Å². The molecule has 7 heteroatoms. The molecule has 1 unspecified atom stereocenters. The smallest absolute Gasteiger partial charge is 0.334 e. The summed E-state index contributed by atoms with van der Waals surface area (Å²) in [5, 5.41) is 20.9. The molecule has 0 radical (unpaired) electrons. The van der Waals surface area contributed by atoms with Crippen molar-refractivity contribution >= 4 is 5.97 Å². The van der Waals surface area contributed by atoms with Gasteiger partial charge in [0.05, 0.1) is 4.92 Å². The van der Waals surface area contributed by atoms with E-state index >= 15 is 0 Å². The Labute approximate surface area is 86.5 Å². The Morgan fingerprint density at radius 2 is 2.33 bits per heavy atom. The molecular formula is C8H13N3O4. The van der Waals surface area contributed by atoms with Gasteiger partial charge in [0.15, 0.2) is 0 Å². The van der Waals surface area contributed by atoms with Crippen molar-refractivity contribution in [1.29, 1.82) is 0 Å². The third-order valence-electron chi connectivity index (χ3n) is 2.20. The molecule has 1 atom stereocenters. The molecule has 0 saturated carbocycles. The summed E-state index contributed by atoms with van der Waals surface area (Å²) in [6.45, 7) is 1.88. The van der Waals surface area contributed by atoms with Gasteiger partial charge < -0.3 is 10.5 Å². The predicted octanol–water partition coefficient (Wildman–Crippen LogP) is 0.178. The maximum atomic E-state index is 10.9. The number of likely N-dealkylation sites (N-methyl/N-ethyl adjacent to an activating group) is 1. The fraction of sp³-hybridized carbons (Fsp3) is 0.625. The van der Waals surface area contributed by atoms with Gasteiger partial charge in [0.25, 0.3) is 5.70 Å². The van der Waals surface area contributed by atoms with Crippen LogP contribution >= 0.6 is 0 Å². The Morgan fingerprint density at radius 1 is 1.73 bits per heavy atom. The third kappa shape index (κ3) is 2.07. The lowest BCUT2D eigenvalue weighted by Gasteiger charge is -2.14. The first-order valence-corrected chi connectivity index (χ1v) is 4.58. The van der Waals surface area contributed by atoms with Crippen LogP contribution in [0.3, 0.4) is 0 Å². The molecule has 0 aromatic heterocycles. The highest BCUT2D eigenvalue weighted by Gasteiger charge is 2.43. The van der Waals surface area contributed by atoms with E-state index < -0.39 is 16.9 Å². The minimum Gasteiger partial charge on any atom is -0.480 e. The van der Waals surface area contributed by atoms with E-state index in [1.165, 1.54) is 12.1 Å². The zero-order valence-electron chi connectivity index (χ0n) is 8.56. The topological polar surface area (TPSA) is 95.7 Å². The molecule has 0 aromatic carbocycles. The molecule has 1 rings (SSSR count). The lowest BCUT2D eigenvalue weighted by Crippen LogP contribution is -2.41. The number of allylic oxidation sites excluding steroid dienone is 1. The number of hydrogen-bond donors (Lipinski definition) is 2.